The Hall–Kier alpha value is -3.15. The van der Waals surface area contributed by atoms with Gasteiger partial charge in [-0.1, -0.05) is 18.2 Å². The van der Waals surface area contributed by atoms with Crippen LogP contribution in [0.25, 0.3) is 0 Å². The van der Waals surface area contributed by atoms with Crippen LogP contribution < -0.4 is 9.47 Å². The third kappa shape index (κ3) is 11.4. The molecular formula is C20H24O6. The van der Waals surface area contributed by atoms with E-state index in [1.54, 1.807) is 45.4 Å². The van der Waals surface area contributed by atoms with E-state index in [4.69, 9.17) is 9.47 Å². The summed E-state index contributed by atoms with van der Waals surface area (Å²) in [5.41, 5.74) is 0.714. The highest BCUT2D eigenvalue weighted by Crippen LogP contribution is 2.11. The van der Waals surface area contributed by atoms with Crippen molar-refractivity contribution in [3.8, 4) is 11.5 Å². The van der Waals surface area contributed by atoms with E-state index in [2.05, 4.69) is 4.74 Å². The van der Waals surface area contributed by atoms with Crippen molar-refractivity contribution in [2.75, 3.05) is 14.2 Å². The summed E-state index contributed by atoms with van der Waals surface area (Å²) >= 11 is 0. The standard InChI is InChI=1S/C9H10O2.C7H8O.C4H6O3/c1-7(10)8-3-5-9(11-2)6-4-8;1-8-7-5-3-2-4-6-7;1-3(5)7-4(2)6/h3-6H,1-2H3;2-6H,1H3;1-2H3. The van der Waals surface area contributed by atoms with Crippen LogP contribution in [0.5, 0.6) is 11.5 Å². The van der Waals surface area contributed by atoms with Crippen molar-refractivity contribution in [3.63, 3.8) is 0 Å². The Kier molecular flexibility index (Phi) is 11.6. The number of hydrogen-bond acceptors (Lipinski definition) is 6. The van der Waals surface area contributed by atoms with Gasteiger partial charge in [0.15, 0.2) is 5.78 Å². The highest BCUT2D eigenvalue weighted by molar-refractivity contribution is 5.94. The molecule has 0 heterocycles. The fourth-order valence-corrected chi connectivity index (χ4v) is 1.58. The molecule has 0 fully saturated rings. The molecule has 0 aliphatic carbocycles. The summed E-state index contributed by atoms with van der Waals surface area (Å²) in [6.45, 7) is 3.91. The molecule has 0 unspecified atom stereocenters. The fraction of sp³-hybridized carbons (Fsp3) is 0.250. The molecule has 0 saturated carbocycles. The van der Waals surface area contributed by atoms with Crippen molar-refractivity contribution < 1.29 is 28.6 Å². The van der Waals surface area contributed by atoms with Crippen LogP contribution in [0.2, 0.25) is 0 Å². The van der Waals surface area contributed by atoms with Gasteiger partial charge in [0.05, 0.1) is 14.2 Å². The minimum atomic E-state index is -0.562. The van der Waals surface area contributed by atoms with E-state index in [1.165, 1.54) is 13.8 Å². The first-order chi connectivity index (χ1) is 12.3. The SMILES string of the molecule is CC(=O)OC(C)=O.COc1ccc(C(C)=O)cc1.COc1ccccc1. The monoisotopic (exact) mass is 360 g/mol. The first-order valence-corrected chi connectivity index (χ1v) is 7.73. The molecule has 0 radical (unpaired) electrons. The maximum Gasteiger partial charge on any atom is 0.310 e. The highest BCUT2D eigenvalue weighted by Gasteiger charge is 1.97. The van der Waals surface area contributed by atoms with Crippen LogP contribution in [0, 0.1) is 0 Å². The summed E-state index contributed by atoms with van der Waals surface area (Å²) in [6.07, 6.45) is 0. The average molecular weight is 360 g/mol. The Labute approximate surface area is 153 Å². The number of para-hydroxylation sites is 1. The van der Waals surface area contributed by atoms with E-state index < -0.39 is 11.9 Å². The van der Waals surface area contributed by atoms with Crippen LogP contribution in [-0.2, 0) is 14.3 Å². The maximum absolute atomic E-state index is 10.8. The lowest BCUT2D eigenvalue weighted by atomic mass is 10.1. The second-order valence-electron chi connectivity index (χ2n) is 4.89. The maximum atomic E-state index is 10.8. The van der Waals surface area contributed by atoms with Crippen LogP contribution in [0.4, 0.5) is 0 Å². The van der Waals surface area contributed by atoms with Crippen LogP contribution in [0.1, 0.15) is 31.1 Å². The summed E-state index contributed by atoms with van der Waals surface area (Å²) in [6, 6.07) is 16.7. The number of carbonyl (C=O) groups is 3. The van der Waals surface area contributed by atoms with Crippen molar-refractivity contribution in [2.24, 2.45) is 0 Å². The van der Waals surface area contributed by atoms with Crippen molar-refractivity contribution in [2.45, 2.75) is 20.8 Å². The van der Waals surface area contributed by atoms with Crippen LogP contribution in [-0.4, -0.2) is 31.9 Å². The normalized spacial score (nSPS) is 8.65. The van der Waals surface area contributed by atoms with Gasteiger partial charge in [0.25, 0.3) is 0 Å². The van der Waals surface area contributed by atoms with Gasteiger partial charge in [0.2, 0.25) is 0 Å². The number of Topliss-reactive ketones (excluding diaryl/α,β-unsaturated/α-hetero) is 1. The van der Waals surface area contributed by atoms with E-state index in [9.17, 15) is 14.4 Å². The first-order valence-electron chi connectivity index (χ1n) is 7.73. The average Bonchev–Trinajstić information content (AvgIpc) is 2.62. The molecule has 26 heavy (non-hydrogen) atoms. The van der Waals surface area contributed by atoms with Gasteiger partial charge in [0.1, 0.15) is 11.5 Å². The molecule has 2 aromatic carbocycles. The predicted molar refractivity (Wildman–Crippen MR) is 98.4 cm³/mol. The minimum Gasteiger partial charge on any atom is -0.497 e. The third-order valence-electron chi connectivity index (χ3n) is 2.76. The van der Waals surface area contributed by atoms with E-state index in [0.29, 0.717) is 5.56 Å². The highest BCUT2D eigenvalue weighted by atomic mass is 16.6. The van der Waals surface area contributed by atoms with Crippen molar-refractivity contribution in [3.05, 3.63) is 60.2 Å². The molecule has 0 bridgehead atoms. The van der Waals surface area contributed by atoms with E-state index in [0.717, 1.165) is 11.5 Å². The van der Waals surface area contributed by atoms with Gasteiger partial charge >= 0.3 is 11.9 Å². The Bertz CT molecular complexity index is 665. The quantitative estimate of drug-likeness (QED) is 0.472. The molecule has 0 aliphatic rings. The number of methoxy groups -OCH3 is 2. The lowest BCUT2D eigenvalue weighted by Crippen LogP contribution is -2.03. The largest absolute Gasteiger partial charge is 0.497 e. The molecule has 6 heteroatoms. The molecule has 0 aromatic heterocycles. The number of carbonyl (C=O) groups excluding carboxylic acids is 3. The molecule has 0 aliphatic heterocycles. The van der Waals surface area contributed by atoms with Crippen LogP contribution >= 0.6 is 0 Å². The molecule has 0 amide bonds. The predicted octanol–water partition coefficient (Wildman–Crippen LogP) is 3.69. The minimum absolute atomic E-state index is 0.0765. The van der Waals surface area contributed by atoms with Crippen molar-refractivity contribution in [1.29, 1.82) is 0 Å². The molecule has 2 rings (SSSR count). The Morgan fingerprint density at radius 1 is 0.654 bits per heavy atom. The molecule has 0 spiro atoms. The second kappa shape index (κ2) is 13.2. The summed E-state index contributed by atoms with van der Waals surface area (Å²) in [5.74, 6) is 0.634. The number of ketones is 1. The zero-order chi connectivity index (χ0) is 19.9. The van der Waals surface area contributed by atoms with Gasteiger partial charge in [-0.3, -0.25) is 14.4 Å². The van der Waals surface area contributed by atoms with Gasteiger partial charge in [-0.25, -0.2) is 0 Å². The lowest BCUT2D eigenvalue weighted by molar-refractivity contribution is -0.156. The second-order valence-corrected chi connectivity index (χ2v) is 4.89. The molecular weight excluding hydrogens is 336 g/mol. The van der Waals surface area contributed by atoms with Gasteiger partial charge in [0, 0.05) is 19.4 Å². The van der Waals surface area contributed by atoms with E-state index in [1.807, 2.05) is 30.3 Å². The molecule has 2 aromatic rings. The zero-order valence-corrected chi connectivity index (χ0v) is 15.6. The molecule has 140 valence electrons. The van der Waals surface area contributed by atoms with E-state index >= 15 is 0 Å². The summed E-state index contributed by atoms with van der Waals surface area (Å²) in [7, 11) is 3.26. The Balaban J connectivity index is 0.000000373. The molecule has 0 atom stereocenters. The van der Waals surface area contributed by atoms with Gasteiger partial charge in [-0.2, -0.15) is 0 Å². The summed E-state index contributed by atoms with van der Waals surface area (Å²) in [4.78, 5) is 30.4. The molecule has 0 saturated heterocycles. The van der Waals surface area contributed by atoms with E-state index in [-0.39, 0.29) is 5.78 Å². The number of hydrogen-bond donors (Lipinski definition) is 0. The van der Waals surface area contributed by atoms with Gasteiger partial charge in [-0.05, 0) is 43.3 Å². The third-order valence-corrected chi connectivity index (χ3v) is 2.76. The number of esters is 2. The summed E-state index contributed by atoms with van der Waals surface area (Å²) < 4.78 is 13.8. The number of ether oxygens (including phenoxy) is 3. The van der Waals surface area contributed by atoms with Crippen molar-refractivity contribution >= 4 is 17.7 Å². The van der Waals surface area contributed by atoms with Crippen molar-refractivity contribution in [1.82, 2.24) is 0 Å². The topological polar surface area (TPSA) is 78.9 Å². The Morgan fingerprint density at radius 2 is 1.08 bits per heavy atom. The smallest absolute Gasteiger partial charge is 0.310 e. The Morgan fingerprint density at radius 3 is 1.35 bits per heavy atom. The lowest BCUT2D eigenvalue weighted by Gasteiger charge is -1.98. The number of rotatable bonds is 3. The zero-order valence-electron chi connectivity index (χ0n) is 15.6. The summed E-state index contributed by atoms with van der Waals surface area (Å²) in [5, 5.41) is 0. The number of benzene rings is 2. The first kappa shape index (κ1) is 22.9. The van der Waals surface area contributed by atoms with Crippen LogP contribution in [0.3, 0.4) is 0 Å². The molecule has 6 nitrogen and oxygen atoms in total. The molecule has 0 N–H and O–H groups in total. The van der Waals surface area contributed by atoms with Gasteiger partial charge < -0.3 is 14.2 Å². The van der Waals surface area contributed by atoms with Gasteiger partial charge in [-0.15, -0.1) is 0 Å². The van der Waals surface area contributed by atoms with Crippen LogP contribution in [0.15, 0.2) is 54.6 Å². The fourth-order valence-electron chi connectivity index (χ4n) is 1.58.